The number of esters is 1. The average molecular weight is 496 g/mol. The van der Waals surface area contributed by atoms with Crippen LogP contribution in [0.15, 0.2) is 42.5 Å². The highest BCUT2D eigenvalue weighted by molar-refractivity contribution is 5.87. The van der Waals surface area contributed by atoms with Crippen molar-refractivity contribution in [2.24, 2.45) is 5.41 Å². The van der Waals surface area contributed by atoms with Gasteiger partial charge in [0.15, 0.2) is 17.1 Å². The number of fused-ring (bicyclic) bond motifs is 1. The van der Waals surface area contributed by atoms with Gasteiger partial charge in [0, 0.05) is 44.2 Å². The van der Waals surface area contributed by atoms with Crippen LogP contribution in [0.25, 0.3) is 0 Å². The van der Waals surface area contributed by atoms with Gasteiger partial charge in [0.25, 0.3) is 5.91 Å². The SMILES string of the molecule is COc1ccc(C2CN(C(=O)C(C)(C)OC(C)=O)CC2(C)C(C)O)cc1OC1Cc2ccccc2C1. The Kier molecular flexibility index (Phi) is 7.06. The molecular formula is C29H37NO6. The van der Waals surface area contributed by atoms with E-state index < -0.39 is 23.1 Å². The smallest absolute Gasteiger partial charge is 0.303 e. The molecule has 0 radical (unpaired) electrons. The standard InChI is InChI=1S/C29H37NO6/c1-18(31)29(5)17-30(27(33)28(3,4)36-19(2)32)16-24(29)22-11-12-25(34-6)26(15-22)35-23-13-20-9-7-8-10-21(20)14-23/h7-12,15,18,23-24,31H,13-14,16-17H2,1-6H3. The lowest BCUT2D eigenvalue weighted by molar-refractivity contribution is -0.168. The number of carbonyl (C=O) groups excluding carboxylic acids is 2. The van der Waals surface area contributed by atoms with Crippen LogP contribution >= 0.6 is 0 Å². The molecule has 4 rings (SSSR count). The largest absolute Gasteiger partial charge is 0.493 e. The molecule has 0 aromatic heterocycles. The number of aliphatic hydroxyl groups is 1. The van der Waals surface area contributed by atoms with Gasteiger partial charge in [-0.1, -0.05) is 37.3 Å². The summed E-state index contributed by atoms with van der Waals surface area (Å²) in [6.07, 6.45) is 1.02. The van der Waals surface area contributed by atoms with Crippen molar-refractivity contribution in [1.82, 2.24) is 4.90 Å². The molecule has 0 bridgehead atoms. The number of aliphatic hydroxyl groups excluding tert-OH is 1. The van der Waals surface area contributed by atoms with Crippen molar-refractivity contribution in [3.8, 4) is 11.5 Å². The maximum atomic E-state index is 13.3. The molecule has 0 saturated carbocycles. The molecule has 36 heavy (non-hydrogen) atoms. The van der Waals surface area contributed by atoms with Crippen molar-refractivity contribution in [3.05, 3.63) is 59.2 Å². The van der Waals surface area contributed by atoms with Gasteiger partial charge in [-0.3, -0.25) is 9.59 Å². The number of hydrogen-bond donors (Lipinski definition) is 1. The molecular weight excluding hydrogens is 458 g/mol. The fourth-order valence-corrected chi connectivity index (χ4v) is 5.65. The van der Waals surface area contributed by atoms with Crippen molar-refractivity contribution in [2.45, 2.75) is 71.2 Å². The molecule has 1 amide bonds. The Morgan fingerprint density at radius 2 is 1.75 bits per heavy atom. The summed E-state index contributed by atoms with van der Waals surface area (Å²) in [5.74, 6) is 0.374. The Hall–Kier alpha value is -3.06. The summed E-state index contributed by atoms with van der Waals surface area (Å²) in [6.45, 7) is 8.99. The van der Waals surface area contributed by atoms with Gasteiger partial charge < -0.3 is 24.2 Å². The Balaban J connectivity index is 1.61. The second kappa shape index (κ2) is 9.77. The summed E-state index contributed by atoms with van der Waals surface area (Å²) in [5, 5.41) is 10.8. The van der Waals surface area contributed by atoms with Gasteiger partial charge in [-0.2, -0.15) is 0 Å². The molecule has 1 fully saturated rings. The van der Waals surface area contributed by atoms with E-state index >= 15 is 0 Å². The Morgan fingerprint density at radius 3 is 2.31 bits per heavy atom. The molecule has 1 aliphatic carbocycles. The van der Waals surface area contributed by atoms with E-state index in [0.29, 0.717) is 24.6 Å². The number of benzene rings is 2. The van der Waals surface area contributed by atoms with Crippen LogP contribution in [0, 0.1) is 5.41 Å². The predicted molar refractivity (Wildman–Crippen MR) is 136 cm³/mol. The number of likely N-dealkylation sites (tertiary alicyclic amines) is 1. The zero-order valence-electron chi connectivity index (χ0n) is 22.0. The summed E-state index contributed by atoms with van der Waals surface area (Å²) in [5.41, 5.74) is 1.69. The Morgan fingerprint density at radius 1 is 1.11 bits per heavy atom. The highest BCUT2D eigenvalue weighted by Crippen LogP contribution is 2.47. The second-order valence-electron chi connectivity index (χ2n) is 10.9. The van der Waals surface area contributed by atoms with Gasteiger partial charge >= 0.3 is 5.97 Å². The van der Waals surface area contributed by atoms with Crippen LogP contribution in [0.5, 0.6) is 11.5 Å². The first kappa shape index (κ1) is 26.0. The normalized spacial score (nSPS) is 22.8. The van der Waals surface area contributed by atoms with Gasteiger partial charge in [0.1, 0.15) is 6.10 Å². The number of hydrogen-bond acceptors (Lipinski definition) is 6. The quantitative estimate of drug-likeness (QED) is 0.587. The molecule has 7 nitrogen and oxygen atoms in total. The van der Waals surface area contributed by atoms with Crippen LogP contribution in [0.1, 0.15) is 57.2 Å². The lowest BCUT2D eigenvalue weighted by Gasteiger charge is -2.34. The highest BCUT2D eigenvalue weighted by Gasteiger charge is 2.51. The third-order valence-corrected chi connectivity index (χ3v) is 7.78. The zero-order chi connectivity index (χ0) is 26.3. The number of ether oxygens (including phenoxy) is 3. The second-order valence-corrected chi connectivity index (χ2v) is 10.9. The first-order valence-electron chi connectivity index (χ1n) is 12.5. The molecule has 1 aliphatic heterocycles. The number of amides is 1. The van der Waals surface area contributed by atoms with Crippen LogP contribution in [0.3, 0.4) is 0 Å². The van der Waals surface area contributed by atoms with Crippen molar-refractivity contribution in [1.29, 1.82) is 0 Å². The topological polar surface area (TPSA) is 85.3 Å². The molecule has 2 aromatic carbocycles. The minimum absolute atomic E-state index is 0.0147. The van der Waals surface area contributed by atoms with Crippen molar-refractivity contribution >= 4 is 11.9 Å². The van der Waals surface area contributed by atoms with E-state index in [4.69, 9.17) is 14.2 Å². The summed E-state index contributed by atoms with van der Waals surface area (Å²) in [4.78, 5) is 26.6. The van der Waals surface area contributed by atoms with E-state index in [1.165, 1.54) is 18.1 Å². The van der Waals surface area contributed by atoms with E-state index in [1.807, 2.05) is 25.1 Å². The predicted octanol–water partition coefficient (Wildman–Crippen LogP) is 3.90. The van der Waals surface area contributed by atoms with Crippen molar-refractivity contribution in [3.63, 3.8) is 0 Å². The molecule has 1 saturated heterocycles. The van der Waals surface area contributed by atoms with E-state index in [1.54, 1.807) is 32.8 Å². The van der Waals surface area contributed by atoms with Gasteiger partial charge in [0.2, 0.25) is 0 Å². The monoisotopic (exact) mass is 495 g/mol. The lowest BCUT2D eigenvalue weighted by Crippen LogP contribution is -2.48. The van der Waals surface area contributed by atoms with Crippen LogP contribution in [0.4, 0.5) is 0 Å². The number of rotatable bonds is 7. The first-order chi connectivity index (χ1) is 16.9. The van der Waals surface area contributed by atoms with Crippen LogP contribution < -0.4 is 9.47 Å². The third-order valence-electron chi connectivity index (χ3n) is 7.78. The Bertz CT molecular complexity index is 1120. The number of nitrogens with zero attached hydrogens (tertiary/aromatic N) is 1. The Labute approximate surface area is 213 Å². The van der Waals surface area contributed by atoms with Gasteiger partial charge in [-0.25, -0.2) is 0 Å². The molecule has 0 spiro atoms. The molecule has 2 aromatic rings. The van der Waals surface area contributed by atoms with Crippen molar-refractivity contribution in [2.75, 3.05) is 20.2 Å². The number of methoxy groups -OCH3 is 1. The first-order valence-corrected chi connectivity index (χ1v) is 12.5. The average Bonchev–Trinajstić information content (AvgIpc) is 3.38. The van der Waals surface area contributed by atoms with Crippen LogP contribution in [0.2, 0.25) is 0 Å². The third kappa shape index (κ3) is 4.94. The highest BCUT2D eigenvalue weighted by atomic mass is 16.6. The fraction of sp³-hybridized carbons (Fsp3) is 0.517. The van der Waals surface area contributed by atoms with E-state index in [9.17, 15) is 14.7 Å². The van der Waals surface area contributed by atoms with Gasteiger partial charge in [-0.15, -0.1) is 0 Å². The summed E-state index contributed by atoms with van der Waals surface area (Å²) in [7, 11) is 1.62. The minimum atomic E-state index is -1.29. The molecule has 3 atom stereocenters. The summed E-state index contributed by atoms with van der Waals surface area (Å²) in [6, 6.07) is 14.2. The molecule has 194 valence electrons. The molecule has 2 aliphatic rings. The fourth-order valence-electron chi connectivity index (χ4n) is 5.65. The van der Waals surface area contributed by atoms with Crippen LogP contribution in [-0.2, 0) is 27.2 Å². The summed E-state index contributed by atoms with van der Waals surface area (Å²) < 4.78 is 17.4. The van der Waals surface area contributed by atoms with Gasteiger partial charge in [-0.05, 0) is 49.6 Å². The molecule has 1 heterocycles. The maximum Gasteiger partial charge on any atom is 0.303 e. The van der Waals surface area contributed by atoms with E-state index in [-0.39, 0.29) is 17.9 Å². The number of carbonyl (C=O) groups is 2. The van der Waals surface area contributed by atoms with Crippen LogP contribution in [-0.4, -0.2) is 59.9 Å². The lowest BCUT2D eigenvalue weighted by atomic mass is 9.72. The van der Waals surface area contributed by atoms with E-state index in [0.717, 1.165) is 18.4 Å². The zero-order valence-corrected chi connectivity index (χ0v) is 22.0. The summed E-state index contributed by atoms with van der Waals surface area (Å²) >= 11 is 0. The van der Waals surface area contributed by atoms with E-state index in [2.05, 4.69) is 24.3 Å². The maximum absolute atomic E-state index is 13.3. The minimum Gasteiger partial charge on any atom is -0.493 e. The van der Waals surface area contributed by atoms with Gasteiger partial charge in [0.05, 0.1) is 13.2 Å². The molecule has 1 N–H and O–H groups in total. The molecule has 7 heteroatoms. The molecule has 3 unspecified atom stereocenters. The van der Waals surface area contributed by atoms with Crippen molar-refractivity contribution < 1.29 is 28.9 Å².